The summed E-state index contributed by atoms with van der Waals surface area (Å²) in [6.07, 6.45) is 3.25. The Morgan fingerprint density at radius 3 is 2.80 bits per heavy atom. The van der Waals surface area contributed by atoms with Gasteiger partial charge in [0.15, 0.2) is 6.54 Å². The molecule has 1 N–H and O–H groups in total. The van der Waals surface area contributed by atoms with E-state index in [-0.39, 0.29) is 17.1 Å². The molecule has 0 aliphatic carbocycles. The molecular weight excluding hydrogens is 336 g/mol. The summed E-state index contributed by atoms with van der Waals surface area (Å²) < 4.78 is 4.81. The first-order valence-electron chi connectivity index (χ1n) is 8.72. The van der Waals surface area contributed by atoms with Crippen LogP contribution < -0.4 is 4.90 Å². The fourth-order valence-corrected chi connectivity index (χ4v) is 4.46. The number of thioether (sulfide) groups is 1. The number of amides is 1. The van der Waals surface area contributed by atoms with Crippen LogP contribution in [0.3, 0.4) is 0 Å². The third-order valence-electron chi connectivity index (χ3n) is 4.81. The molecule has 0 radical (unpaired) electrons. The van der Waals surface area contributed by atoms with Gasteiger partial charge in [0.05, 0.1) is 20.2 Å². The molecule has 0 bridgehead atoms. The minimum absolute atomic E-state index is 0.140. The van der Waals surface area contributed by atoms with Crippen molar-refractivity contribution in [2.75, 3.05) is 45.6 Å². The van der Waals surface area contributed by atoms with E-state index in [1.54, 1.807) is 11.8 Å². The molecule has 1 fully saturated rings. The predicted molar refractivity (Wildman–Crippen MR) is 99.4 cm³/mol. The van der Waals surface area contributed by atoms with Gasteiger partial charge in [0, 0.05) is 25.3 Å². The monoisotopic (exact) mass is 361 g/mol. The third-order valence-corrected chi connectivity index (χ3v) is 5.98. The second-order valence-corrected chi connectivity index (χ2v) is 7.76. The number of hydrogen-bond acceptors (Lipinski definition) is 4. The van der Waals surface area contributed by atoms with E-state index < -0.39 is 0 Å². The molecule has 1 amide bonds. The Balaban J connectivity index is 1.52. The highest BCUT2D eigenvalue weighted by atomic mass is 32.2. The van der Waals surface area contributed by atoms with E-state index in [1.165, 1.54) is 23.1 Å². The number of nitrogens with zero attached hydrogens (tertiary/aromatic N) is 1. The lowest BCUT2D eigenvalue weighted by Gasteiger charge is -2.32. The lowest BCUT2D eigenvalue weighted by molar-refractivity contribution is -0.887. The van der Waals surface area contributed by atoms with Crippen LogP contribution >= 0.6 is 11.8 Å². The first kappa shape index (κ1) is 18.0. The smallest absolute Gasteiger partial charge is 0.320 e. The molecule has 6 heteroatoms. The number of methoxy groups -OCH3 is 1. The molecular formula is C19H25N2O3S+. The van der Waals surface area contributed by atoms with E-state index >= 15 is 0 Å². The fourth-order valence-electron chi connectivity index (χ4n) is 3.33. The van der Waals surface area contributed by atoms with Crippen LogP contribution in [0.25, 0.3) is 5.57 Å². The highest BCUT2D eigenvalue weighted by Crippen LogP contribution is 2.20. The summed E-state index contributed by atoms with van der Waals surface area (Å²) in [4.78, 5) is 27.4. The van der Waals surface area contributed by atoms with Gasteiger partial charge in [0.25, 0.3) is 5.91 Å². The fraction of sp³-hybridized carbons (Fsp3) is 0.474. The minimum Gasteiger partial charge on any atom is -0.468 e. The first-order chi connectivity index (χ1) is 12.2. The Bertz CT molecular complexity index is 647. The van der Waals surface area contributed by atoms with E-state index in [9.17, 15) is 9.59 Å². The lowest BCUT2D eigenvalue weighted by atomic mass is 9.99. The highest BCUT2D eigenvalue weighted by molar-refractivity contribution is 8.00. The van der Waals surface area contributed by atoms with Crippen LogP contribution in [0.1, 0.15) is 12.0 Å². The van der Waals surface area contributed by atoms with Gasteiger partial charge >= 0.3 is 5.97 Å². The van der Waals surface area contributed by atoms with E-state index in [4.69, 9.17) is 4.74 Å². The zero-order valence-corrected chi connectivity index (χ0v) is 15.4. The molecule has 134 valence electrons. The van der Waals surface area contributed by atoms with Gasteiger partial charge in [-0.15, -0.1) is 11.8 Å². The SMILES string of the molecule is COC(=O)[C@@H]1CN(C(=O)C[NH+]2CC=C(c3ccccc3)CC2)CCS1. The number of esters is 1. The minimum atomic E-state index is -0.247. The Kier molecular flexibility index (Phi) is 6.15. The highest BCUT2D eigenvalue weighted by Gasteiger charge is 2.31. The molecule has 1 aromatic rings. The largest absolute Gasteiger partial charge is 0.468 e. The summed E-state index contributed by atoms with van der Waals surface area (Å²) in [5, 5.41) is -0.247. The van der Waals surface area contributed by atoms with Crippen LogP contribution in [0.2, 0.25) is 0 Å². The number of ether oxygens (including phenoxy) is 1. The predicted octanol–water partition coefficient (Wildman–Crippen LogP) is 0.476. The Hall–Kier alpha value is -1.79. The zero-order valence-electron chi connectivity index (χ0n) is 14.6. The molecule has 2 atom stereocenters. The molecule has 5 nitrogen and oxygen atoms in total. The van der Waals surface area contributed by atoms with E-state index in [1.807, 2.05) is 11.0 Å². The average molecular weight is 361 g/mol. The number of carbonyl (C=O) groups is 2. The number of nitrogens with one attached hydrogen (secondary N) is 1. The van der Waals surface area contributed by atoms with Crippen molar-refractivity contribution in [1.29, 1.82) is 0 Å². The van der Waals surface area contributed by atoms with E-state index in [0.29, 0.717) is 13.1 Å². The van der Waals surface area contributed by atoms with Crippen LogP contribution in [-0.4, -0.2) is 67.6 Å². The van der Waals surface area contributed by atoms with Gasteiger partial charge in [0.2, 0.25) is 0 Å². The Labute approximate surface area is 153 Å². The van der Waals surface area contributed by atoms with Crippen LogP contribution in [0.15, 0.2) is 36.4 Å². The van der Waals surface area contributed by atoms with Crippen molar-refractivity contribution in [3.8, 4) is 0 Å². The van der Waals surface area contributed by atoms with Crippen molar-refractivity contribution in [3.63, 3.8) is 0 Å². The normalized spacial score (nSPS) is 23.7. The van der Waals surface area contributed by atoms with Crippen molar-refractivity contribution in [2.45, 2.75) is 11.7 Å². The Morgan fingerprint density at radius 1 is 1.32 bits per heavy atom. The topological polar surface area (TPSA) is 51.0 Å². The van der Waals surface area contributed by atoms with Crippen molar-refractivity contribution in [3.05, 3.63) is 42.0 Å². The number of carbonyl (C=O) groups excluding carboxylic acids is 2. The van der Waals surface area contributed by atoms with Crippen LogP contribution in [-0.2, 0) is 14.3 Å². The van der Waals surface area contributed by atoms with Gasteiger partial charge in [-0.2, -0.15) is 0 Å². The summed E-state index contributed by atoms with van der Waals surface area (Å²) in [6, 6.07) is 10.4. The quantitative estimate of drug-likeness (QED) is 0.793. The van der Waals surface area contributed by atoms with E-state index in [2.05, 4.69) is 30.3 Å². The van der Waals surface area contributed by atoms with Gasteiger partial charge in [-0.3, -0.25) is 9.59 Å². The first-order valence-corrected chi connectivity index (χ1v) is 9.77. The Morgan fingerprint density at radius 2 is 2.12 bits per heavy atom. The summed E-state index contributed by atoms with van der Waals surface area (Å²) in [6.45, 7) is 3.52. The van der Waals surface area contributed by atoms with Crippen LogP contribution in [0.5, 0.6) is 0 Å². The second-order valence-electron chi connectivity index (χ2n) is 6.45. The standard InChI is InChI=1S/C19H24N2O3S/c1-24-19(23)17-13-21(11-12-25-17)18(22)14-20-9-7-16(8-10-20)15-5-3-2-4-6-15/h2-7,17H,8-14H2,1H3/p+1/t17-/m0/s1. The molecule has 1 saturated heterocycles. The summed E-state index contributed by atoms with van der Waals surface area (Å²) in [7, 11) is 1.40. The van der Waals surface area contributed by atoms with Crippen molar-refractivity contribution in [2.24, 2.45) is 0 Å². The average Bonchev–Trinajstić information content (AvgIpc) is 2.68. The van der Waals surface area contributed by atoms with Crippen molar-refractivity contribution >= 4 is 29.2 Å². The number of hydrogen-bond donors (Lipinski definition) is 1. The number of rotatable bonds is 4. The van der Waals surface area contributed by atoms with Gasteiger partial charge in [-0.25, -0.2) is 0 Å². The lowest BCUT2D eigenvalue weighted by Crippen LogP contribution is -3.13. The van der Waals surface area contributed by atoms with Gasteiger partial charge in [-0.05, 0) is 17.2 Å². The zero-order chi connectivity index (χ0) is 17.6. The summed E-state index contributed by atoms with van der Waals surface area (Å²) in [5.41, 5.74) is 2.65. The summed E-state index contributed by atoms with van der Waals surface area (Å²) in [5.74, 6) is 0.697. The number of quaternary nitrogens is 1. The summed E-state index contributed by atoms with van der Waals surface area (Å²) >= 11 is 1.58. The van der Waals surface area contributed by atoms with Crippen LogP contribution in [0.4, 0.5) is 0 Å². The molecule has 0 spiro atoms. The number of benzene rings is 1. The molecule has 1 aromatic carbocycles. The maximum atomic E-state index is 12.6. The van der Waals surface area contributed by atoms with Crippen LogP contribution in [0, 0.1) is 0 Å². The van der Waals surface area contributed by atoms with Gasteiger partial charge in [0.1, 0.15) is 5.25 Å². The molecule has 3 rings (SSSR count). The second kappa shape index (κ2) is 8.54. The molecule has 0 saturated carbocycles. The molecule has 25 heavy (non-hydrogen) atoms. The molecule has 1 unspecified atom stereocenters. The molecule has 2 aliphatic rings. The maximum Gasteiger partial charge on any atom is 0.320 e. The van der Waals surface area contributed by atoms with Gasteiger partial charge in [-0.1, -0.05) is 30.3 Å². The molecule has 0 aromatic heterocycles. The van der Waals surface area contributed by atoms with Gasteiger partial charge < -0.3 is 14.5 Å². The molecule has 2 heterocycles. The maximum absolute atomic E-state index is 12.6. The van der Waals surface area contributed by atoms with Crippen molar-refractivity contribution in [1.82, 2.24) is 4.90 Å². The third kappa shape index (κ3) is 4.64. The molecule has 2 aliphatic heterocycles. The van der Waals surface area contributed by atoms with Crippen molar-refractivity contribution < 1.29 is 19.2 Å². The van der Waals surface area contributed by atoms with E-state index in [0.717, 1.165) is 31.8 Å².